The van der Waals surface area contributed by atoms with E-state index in [9.17, 15) is 14.4 Å². The standard InChI is InChI=1S/C25H25N3O3/c29-22(27-15-12-19(13-16-27)18-7-2-1-3-8-18)17-28-23(30)25(26-24(28)31)14-6-10-20-9-4-5-11-21(20)25/h1-5,7-9,11-12H,6,10,13-17H2,(H,26,31). The van der Waals surface area contributed by atoms with Gasteiger partial charge in [-0.3, -0.25) is 14.5 Å². The highest BCUT2D eigenvalue weighted by Crippen LogP contribution is 2.39. The molecule has 1 N–H and O–H groups in total. The van der Waals surface area contributed by atoms with Crippen molar-refractivity contribution in [2.45, 2.75) is 31.2 Å². The van der Waals surface area contributed by atoms with Crippen molar-refractivity contribution in [3.8, 4) is 0 Å². The van der Waals surface area contributed by atoms with Crippen LogP contribution in [0.1, 0.15) is 36.0 Å². The van der Waals surface area contributed by atoms with E-state index >= 15 is 0 Å². The Morgan fingerprint density at radius 3 is 2.55 bits per heavy atom. The summed E-state index contributed by atoms with van der Waals surface area (Å²) in [5.41, 5.74) is 3.31. The van der Waals surface area contributed by atoms with Gasteiger partial charge in [0.1, 0.15) is 12.1 Å². The van der Waals surface area contributed by atoms with E-state index in [1.807, 2.05) is 42.5 Å². The van der Waals surface area contributed by atoms with Crippen LogP contribution in [0.25, 0.3) is 5.57 Å². The number of hydrogen-bond acceptors (Lipinski definition) is 3. The molecule has 1 atom stereocenters. The van der Waals surface area contributed by atoms with Crippen molar-refractivity contribution in [1.29, 1.82) is 0 Å². The summed E-state index contributed by atoms with van der Waals surface area (Å²) >= 11 is 0. The van der Waals surface area contributed by atoms with Crippen LogP contribution in [0.3, 0.4) is 0 Å². The lowest BCUT2D eigenvalue weighted by Gasteiger charge is -2.33. The van der Waals surface area contributed by atoms with E-state index in [0.29, 0.717) is 19.5 Å². The molecule has 4 amide bonds. The number of amides is 4. The van der Waals surface area contributed by atoms with Crippen LogP contribution in [0.15, 0.2) is 60.7 Å². The summed E-state index contributed by atoms with van der Waals surface area (Å²) in [6, 6.07) is 17.4. The molecule has 1 saturated heterocycles. The van der Waals surface area contributed by atoms with Crippen LogP contribution in [-0.2, 0) is 21.5 Å². The third-order valence-electron chi connectivity index (χ3n) is 6.65. The first-order valence-electron chi connectivity index (χ1n) is 10.8. The molecule has 5 rings (SSSR count). The molecule has 158 valence electrons. The van der Waals surface area contributed by atoms with Gasteiger partial charge >= 0.3 is 6.03 Å². The maximum Gasteiger partial charge on any atom is 0.325 e. The summed E-state index contributed by atoms with van der Waals surface area (Å²) in [6.07, 6.45) is 5.09. The van der Waals surface area contributed by atoms with Crippen molar-refractivity contribution in [2.24, 2.45) is 0 Å². The average molecular weight is 415 g/mol. The second-order valence-corrected chi connectivity index (χ2v) is 8.42. The summed E-state index contributed by atoms with van der Waals surface area (Å²) in [5.74, 6) is -0.511. The largest absolute Gasteiger partial charge is 0.337 e. The van der Waals surface area contributed by atoms with E-state index in [-0.39, 0.29) is 18.4 Å². The van der Waals surface area contributed by atoms with Crippen molar-refractivity contribution in [2.75, 3.05) is 19.6 Å². The number of nitrogens with zero attached hydrogens (tertiary/aromatic N) is 2. The van der Waals surface area contributed by atoms with Crippen molar-refractivity contribution in [3.63, 3.8) is 0 Å². The van der Waals surface area contributed by atoms with Crippen molar-refractivity contribution >= 4 is 23.4 Å². The summed E-state index contributed by atoms with van der Waals surface area (Å²) < 4.78 is 0. The van der Waals surface area contributed by atoms with E-state index < -0.39 is 11.6 Å². The van der Waals surface area contributed by atoms with E-state index in [1.165, 1.54) is 11.1 Å². The Bertz CT molecular complexity index is 1080. The third kappa shape index (κ3) is 3.32. The molecule has 0 radical (unpaired) electrons. The number of carbonyl (C=O) groups is 3. The minimum atomic E-state index is -1.03. The molecule has 0 aromatic heterocycles. The zero-order valence-corrected chi connectivity index (χ0v) is 17.3. The average Bonchev–Trinajstić information content (AvgIpc) is 3.04. The molecule has 1 aliphatic carbocycles. The van der Waals surface area contributed by atoms with Crippen LogP contribution in [0.2, 0.25) is 0 Å². The molecule has 1 spiro atoms. The maximum absolute atomic E-state index is 13.4. The van der Waals surface area contributed by atoms with Gasteiger partial charge in [0.05, 0.1) is 0 Å². The van der Waals surface area contributed by atoms with Crippen LogP contribution >= 0.6 is 0 Å². The lowest BCUT2D eigenvalue weighted by atomic mass is 9.76. The quantitative estimate of drug-likeness (QED) is 0.784. The van der Waals surface area contributed by atoms with E-state index in [1.54, 1.807) is 4.90 Å². The highest BCUT2D eigenvalue weighted by molar-refractivity contribution is 6.09. The fourth-order valence-corrected chi connectivity index (χ4v) is 5.00. The molecular formula is C25H25N3O3. The lowest BCUT2D eigenvalue weighted by molar-refractivity contribution is -0.139. The fraction of sp³-hybridized carbons (Fsp3) is 0.320. The van der Waals surface area contributed by atoms with Crippen LogP contribution in [-0.4, -0.2) is 47.3 Å². The minimum Gasteiger partial charge on any atom is -0.337 e. The highest BCUT2D eigenvalue weighted by Gasteiger charge is 2.54. The Kier molecular flexibility index (Phi) is 4.85. The number of carbonyl (C=O) groups excluding carboxylic acids is 3. The smallest absolute Gasteiger partial charge is 0.325 e. The molecule has 6 heteroatoms. The number of urea groups is 1. The molecule has 2 aliphatic heterocycles. The predicted octanol–water partition coefficient (Wildman–Crippen LogP) is 3.09. The van der Waals surface area contributed by atoms with Gasteiger partial charge in [0, 0.05) is 13.1 Å². The van der Waals surface area contributed by atoms with Gasteiger partial charge < -0.3 is 10.2 Å². The zero-order valence-electron chi connectivity index (χ0n) is 17.3. The minimum absolute atomic E-state index is 0.201. The number of aryl methyl sites for hydroxylation is 1. The molecule has 0 saturated carbocycles. The van der Waals surface area contributed by atoms with Crippen LogP contribution in [0.4, 0.5) is 4.79 Å². The number of nitrogens with one attached hydrogen (secondary N) is 1. The van der Waals surface area contributed by atoms with Gasteiger partial charge in [-0.25, -0.2) is 4.79 Å². The highest BCUT2D eigenvalue weighted by atomic mass is 16.2. The van der Waals surface area contributed by atoms with Crippen LogP contribution in [0, 0.1) is 0 Å². The first-order valence-corrected chi connectivity index (χ1v) is 10.8. The molecule has 1 fully saturated rings. The Labute approximate surface area is 181 Å². The van der Waals surface area contributed by atoms with Gasteiger partial charge in [0.15, 0.2) is 0 Å². The van der Waals surface area contributed by atoms with Crippen LogP contribution < -0.4 is 5.32 Å². The van der Waals surface area contributed by atoms with E-state index in [4.69, 9.17) is 0 Å². The molecule has 2 aromatic carbocycles. The Hall–Kier alpha value is -3.41. The molecule has 1 unspecified atom stereocenters. The topological polar surface area (TPSA) is 69.7 Å². The van der Waals surface area contributed by atoms with Gasteiger partial charge in [0.2, 0.25) is 5.91 Å². The zero-order chi connectivity index (χ0) is 21.4. The molecular weight excluding hydrogens is 390 g/mol. The summed E-state index contributed by atoms with van der Waals surface area (Å²) in [7, 11) is 0. The second-order valence-electron chi connectivity index (χ2n) is 8.42. The van der Waals surface area contributed by atoms with E-state index in [2.05, 4.69) is 23.5 Å². The molecule has 2 aromatic rings. The Morgan fingerprint density at radius 2 is 1.77 bits per heavy atom. The SMILES string of the molecule is O=C(CN1C(=O)NC2(CCCc3ccccc32)C1=O)N1CC=C(c2ccccc2)CC1. The monoisotopic (exact) mass is 415 g/mol. The number of imide groups is 1. The Balaban J connectivity index is 1.30. The molecule has 3 aliphatic rings. The summed E-state index contributed by atoms with van der Waals surface area (Å²) in [6.45, 7) is 0.848. The predicted molar refractivity (Wildman–Crippen MR) is 117 cm³/mol. The summed E-state index contributed by atoms with van der Waals surface area (Å²) in [4.78, 5) is 41.8. The van der Waals surface area contributed by atoms with Gasteiger partial charge in [-0.2, -0.15) is 0 Å². The van der Waals surface area contributed by atoms with Gasteiger partial charge in [-0.05, 0) is 47.9 Å². The third-order valence-corrected chi connectivity index (χ3v) is 6.65. The molecule has 2 heterocycles. The van der Waals surface area contributed by atoms with Crippen LogP contribution in [0.5, 0.6) is 0 Å². The first-order chi connectivity index (χ1) is 15.1. The summed E-state index contributed by atoms with van der Waals surface area (Å²) in [5, 5.41) is 2.92. The fourth-order valence-electron chi connectivity index (χ4n) is 5.00. The number of benzene rings is 2. The molecule has 31 heavy (non-hydrogen) atoms. The molecule has 0 bridgehead atoms. The van der Waals surface area contributed by atoms with Gasteiger partial charge in [0.25, 0.3) is 5.91 Å². The maximum atomic E-state index is 13.4. The van der Waals surface area contributed by atoms with Crippen molar-refractivity contribution in [1.82, 2.24) is 15.1 Å². The van der Waals surface area contributed by atoms with Crippen molar-refractivity contribution in [3.05, 3.63) is 77.4 Å². The molecule has 6 nitrogen and oxygen atoms in total. The number of rotatable bonds is 3. The first kappa shape index (κ1) is 19.5. The number of hydrogen-bond donors (Lipinski definition) is 1. The second kappa shape index (κ2) is 7.69. The number of fused-ring (bicyclic) bond motifs is 2. The Morgan fingerprint density at radius 1 is 1.00 bits per heavy atom. The van der Waals surface area contributed by atoms with Gasteiger partial charge in [-0.1, -0.05) is 60.7 Å². The van der Waals surface area contributed by atoms with E-state index in [0.717, 1.165) is 35.3 Å². The normalized spacial score (nSPS) is 22.9. The van der Waals surface area contributed by atoms with Gasteiger partial charge in [-0.15, -0.1) is 0 Å². The lowest BCUT2D eigenvalue weighted by Crippen LogP contribution is -2.48. The van der Waals surface area contributed by atoms with Crippen molar-refractivity contribution < 1.29 is 14.4 Å².